The Morgan fingerprint density at radius 3 is 2.56 bits per heavy atom. The summed E-state index contributed by atoms with van der Waals surface area (Å²) in [5, 5.41) is 5.62. The minimum atomic E-state index is -4.14. The lowest BCUT2D eigenvalue weighted by Crippen LogP contribution is -2.45. The molecule has 0 spiro atoms. The van der Waals surface area contributed by atoms with Gasteiger partial charge >= 0.3 is 6.18 Å². The van der Waals surface area contributed by atoms with Gasteiger partial charge in [0.05, 0.1) is 12.5 Å². The molecular formula is C12H21F3N2O. The standard InChI is InChI=1S/C12H21F3N2O/c1-8(2)16-7-11(18)17-10-5-3-4-9(6-10)12(13,14)15/h8-10,16H,3-7H2,1-2H3,(H,17,18). The minimum absolute atomic E-state index is 0.0108. The van der Waals surface area contributed by atoms with Gasteiger partial charge in [-0.05, 0) is 19.3 Å². The average Bonchev–Trinajstić information content (AvgIpc) is 2.25. The first kappa shape index (κ1) is 15.3. The summed E-state index contributed by atoms with van der Waals surface area (Å²) in [5.74, 6) is -1.49. The second kappa shape index (κ2) is 6.41. The Balaban J connectivity index is 2.36. The number of amides is 1. The van der Waals surface area contributed by atoms with Crippen LogP contribution in [0.4, 0.5) is 13.2 Å². The van der Waals surface area contributed by atoms with Crippen molar-refractivity contribution in [2.24, 2.45) is 5.92 Å². The molecule has 1 fully saturated rings. The monoisotopic (exact) mass is 266 g/mol. The van der Waals surface area contributed by atoms with Crippen molar-refractivity contribution in [3.63, 3.8) is 0 Å². The lowest BCUT2D eigenvalue weighted by Gasteiger charge is -2.31. The summed E-state index contributed by atoms with van der Waals surface area (Å²) >= 11 is 0. The zero-order chi connectivity index (χ0) is 13.8. The number of halogens is 3. The molecule has 106 valence electrons. The SMILES string of the molecule is CC(C)NCC(=O)NC1CCCC(C(F)(F)F)C1. The molecule has 1 aliphatic carbocycles. The summed E-state index contributed by atoms with van der Waals surface area (Å²) in [7, 11) is 0. The predicted octanol–water partition coefficient (Wildman–Crippen LogP) is 2.22. The summed E-state index contributed by atoms with van der Waals surface area (Å²) < 4.78 is 37.7. The van der Waals surface area contributed by atoms with Gasteiger partial charge < -0.3 is 10.6 Å². The zero-order valence-corrected chi connectivity index (χ0v) is 10.8. The number of nitrogens with one attached hydrogen (secondary N) is 2. The Labute approximate surface area is 106 Å². The van der Waals surface area contributed by atoms with Gasteiger partial charge in [0.1, 0.15) is 0 Å². The Kier molecular flexibility index (Phi) is 5.44. The molecule has 0 aromatic carbocycles. The number of hydrogen-bond acceptors (Lipinski definition) is 2. The second-order valence-electron chi connectivity index (χ2n) is 5.21. The smallest absolute Gasteiger partial charge is 0.352 e. The van der Waals surface area contributed by atoms with E-state index in [1.54, 1.807) is 0 Å². The summed E-state index contributed by atoms with van der Waals surface area (Å²) in [6, 6.07) is -0.156. The first-order valence-corrected chi connectivity index (χ1v) is 6.38. The molecule has 0 saturated heterocycles. The van der Waals surface area contributed by atoms with Gasteiger partial charge in [-0.25, -0.2) is 0 Å². The largest absolute Gasteiger partial charge is 0.391 e. The fraction of sp³-hybridized carbons (Fsp3) is 0.917. The lowest BCUT2D eigenvalue weighted by molar-refractivity contribution is -0.184. The molecule has 0 heterocycles. The molecule has 0 bridgehead atoms. The molecule has 3 nitrogen and oxygen atoms in total. The van der Waals surface area contributed by atoms with E-state index in [0.29, 0.717) is 12.8 Å². The van der Waals surface area contributed by atoms with Gasteiger partial charge in [0, 0.05) is 12.1 Å². The van der Waals surface area contributed by atoms with Gasteiger partial charge in [-0.3, -0.25) is 4.79 Å². The molecule has 0 aliphatic heterocycles. The predicted molar refractivity (Wildman–Crippen MR) is 63.1 cm³/mol. The van der Waals surface area contributed by atoms with Crippen molar-refractivity contribution in [3.05, 3.63) is 0 Å². The number of hydrogen-bond donors (Lipinski definition) is 2. The van der Waals surface area contributed by atoms with Crippen molar-refractivity contribution in [1.29, 1.82) is 0 Å². The highest BCUT2D eigenvalue weighted by molar-refractivity contribution is 5.78. The topological polar surface area (TPSA) is 41.1 Å². The molecule has 2 atom stereocenters. The number of carbonyl (C=O) groups excluding carboxylic acids is 1. The quantitative estimate of drug-likeness (QED) is 0.819. The zero-order valence-electron chi connectivity index (χ0n) is 10.8. The van der Waals surface area contributed by atoms with Crippen LogP contribution in [-0.4, -0.2) is 30.7 Å². The fourth-order valence-electron chi connectivity index (χ4n) is 2.19. The van der Waals surface area contributed by atoms with Crippen LogP contribution in [0.25, 0.3) is 0 Å². The van der Waals surface area contributed by atoms with E-state index in [-0.39, 0.29) is 37.4 Å². The van der Waals surface area contributed by atoms with Gasteiger partial charge in [-0.1, -0.05) is 20.3 Å². The molecule has 1 aliphatic rings. The van der Waals surface area contributed by atoms with Crippen LogP contribution in [0.3, 0.4) is 0 Å². The van der Waals surface area contributed by atoms with E-state index in [4.69, 9.17) is 0 Å². The Morgan fingerprint density at radius 1 is 1.33 bits per heavy atom. The minimum Gasteiger partial charge on any atom is -0.352 e. The van der Waals surface area contributed by atoms with Gasteiger partial charge in [0.15, 0.2) is 0 Å². The third kappa shape index (κ3) is 5.25. The highest BCUT2D eigenvalue weighted by Gasteiger charge is 2.42. The van der Waals surface area contributed by atoms with Crippen LogP contribution in [0, 0.1) is 5.92 Å². The normalized spacial score (nSPS) is 25.2. The average molecular weight is 266 g/mol. The third-order valence-corrected chi connectivity index (χ3v) is 3.17. The molecule has 18 heavy (non-hydrogen) atoms. The maximum Gasteiger partial charge on any atom is 0.391 e. The highest BCUT2D eigenvalue weighted by Crippen LogP contribution is 2.37. The molecule has 2 N–H and O–H groups in total. The third-order valence-electron chi connectivity index (χ3n) is 3.17. The first-order valence-electron chi connectivity index (χ1n) is 6.38. The molecule has 0 aromatic heterocycles. The number of rotatable bonds is 4. The van der Waals surface area contributed by atoms with Gasteiger partial charge in [0.25, 0.3) is 0 Å². The Morgan fingerprint density at radius 2 is 2.00 bits per heavy atom. The molecule has 1 rings (SSSR count). The fourth-order valence-corrected chi connectivity index (χ4v) is 2.19. The summed E-state index contributed by atoms with van der Waals surface area (Å²) in [4.78, 5) is 11.5. The van der Waals surface area contributed by atoms with Crippen LogP contribution in [-0.2, 0) is 4.79 Å². The first-order chi connectivity index (χ1) is 8.29. The number of alkyl halides is 3. The van der Waals surface area contributed by atoms with E-state index in [1.807, 2.05) is 13.8 Å². The van der Waals surface area contributed by atoms with Crippen molar-refractivity contribution in [2.75, 3.05) is 6.54 Å². The highest BCUT2D eigenvalue weighted by atomic mass is 19.4. The maximum atomic E-state index is 12.6. The van der Waals surface area contributed by atoms with Crippen LogP contribution in [0.2, 0.25) is 0 Å². The molecule has 1 saturated carbocycles. The van der Waals surface area contributed by atoms with Crippen molar-refractivity contribution >= 4 is 5.91 Å². The second-order valence-corrected chi connectivity index (χ2v) is 5.21. The van der Waals surface area contributed by atoms with E-state index < -0.39 is 12.1 Å². The van der Waals surface area contributed by atoms with Gasteiger partial charge in [-0.15, -0.1) is 0 Å². The molecule has 2 unspecified atom stereocenters. The molecule has 0 radical (unpaired) electrons. The molecule has 1 amide bonds. The molecular weight excluding hydrogens is 245 g/mol. The van der Waals surface area contributed by atoms with E-state index in [1.165, 1.54) is 0 Å². The molecule has 6 heteroatoms. The van der Waals surface area contributed by atoms with Crippen LogP contribution in [0.1, 0.15) is 39.5 Å². The van der Waals surface area contributed by atoms with Crippen LogP contribution < -0.4 is 10.6 Å². The van der Waals surface area contributed by atoms with E-state index in [2.05, 4.69) is 10.6 Å². The van der Waals surface area contributed by atoms with Crippen molar-refractivity contribution in [1.82, 2.24) is 10.6 Å². The molecule has 0 aromatic rings. The maximum absolute atomic E-state index is 12.6. The lowest BCUT2D eigenvalue weighted by atomic mass is 9.85. The van der Waals surface area contributed by atoms with E-state index in [0.717, 1.165) is 0 Å². The van der Waals surface area contributed by atoms with Gasteiger partial charge in [0.2, 0.25) is 5.91 Å². The summed E-state index contributed by atoms with van der Waals surface area (Å²) in [5.41, 5.74) is 0. The number of carbonyl (C=O) groups is 1. The Bertz CT molecular complexity index is 279. The van der Waals surface area contributed by atoms with Crippen molar-refractivity contribution in [3.8, 4) is 0 Å². The van der Waals surface area contributed by atoms with E-state index in [9.17, 15) is 18.0 Å². The van der Waals surface area contributed by atoms with Gasteiger partial charge in [-0.2, -0.15) is 13.2 Å². The summed E-state index contributed by atoms with van der Waals surface area (Å²) in [6.07, 6.45) is -2.79. The van der Waals surface area contributed by atoms with Crippen molar-refractivity contribution < 1.29 is 18.0 Å². The van der Waals surface area contributed by atoms with Crippen LogP contribution in [0.15, 0.2) is 0 Å². The van der Waals surface area contributed by atoms with Crippen molar-refractivity contribution in [2.45, 2.75) is 57.8 Å². The van der Waals surface area contributed by atoms with Crippen LogP contribution in [0.5, 0.6) is 0 Å². The summed E-state index contributed by atoms with van der Waals surface area (Å²) in [6.45, 7) is 3.98. The Hall–Kier alpha value is -0.780. The van der Waals surface area contributed by atoms with Crippen LogP contribution >= 0.6 is 0 Å². The van der Waals surface area contributed by atoms with E-state index >= 15 is 0 Å².